The Morgan fingerprint density at radius 3 is 1.08 bits per heavy atom. The highest BCUT2D eigenvalue weighted by Crippen LogP contribution is 2.63. The van der Waals surface area contributed by atoms with Crippen molar-refractivity contribution in [3.8, 4) is 0 Å². The van der Waals surface area contributed by atoms with Crippen molar-refractivity contribution in [3.63, 3.8) is 0 Å². The number of ether oxygens (including phenoxy) is 8. The fourth-order valence-electron chi connectivity index (χ4n) is 13.8. The van der Waals surface area contributed by atoms with Gasteiger partial charge >= 0.3 is 78.4 Å². The summed E-state index contributed by atoms with van der Waals surface area (Å²) in [6.45, 7) is 72.9. The van der Waals surface area contributed by atoms with Crippen LogP contribution in [0.2, 0.25) is 0 Å². The van der Waals surface area contributed by atoms with Crippen LogP contribution in [0.5, 0.6) is 0 Å². The van der Waals surface area contributed by atoms with Gasteiger partial charge < -0.3 is 43.0 Å². The summed E-state index contributed by atoms with van der Waals surface area (Å²) in [4.78, 5) is 106. The number of hydrogen-bond acceptors (Lipinski definition) is 17. The number of hydrogen-bond donors (Lipinski definition) is 1. The third-order valence-electron chi connectivity index (χ3n) is 29.0. The number of carboxylic acid groups (broad SMARTS) is 1. The van der Waals surface area contributed by atoms with Gasteiger partial charge in [-0.1, -0.05) is 239 Å². The molecule has 0 amide bonds. The molecule has 4 aliphatic rings. The fraction of sp³-hybridized carbons (Fsp3) is 0.812. The van der Waals surface area contributed by atoms with E-state index >= 15 is 0 Å². The molecule has 4 fully saturated rings. The second-order valence-electron chi connectivity index (χ2n) is 45.4. The average molecular weight is 2050 g/mol. The molecule has 30 heteroatoms. The van der Waals surface area contributed by atoms with E-state index in [1.54, 1.807) is 76.2 Å². The maximum Gasteiger partial charge on any atom is 0.425 e. The minimum atomic E-state index is -5.47. The lowest BCUT2D eigenvalue weighted by Crippen LogP contribution is -2.49. The zero-order chi connectivity index (χ0) is 112. The van der Waals surface area contributed by atoms with Crippen molar-refractivity contribution in [2.75, 3.05) is 19.8 Å². The summed E-state index contributed by atoms with van der Waals surface area (Å²) in [6.07, 6.45) is -8.58. The molecule has 1 saturated heterocycles. The van der Waals surface area contributed by atoms with E-state index in [4.69, 9.17) is 28.8 Å². The molecule has 2 aromatic rings. The van der Waals surface area contributed by atoms with Crippen molar-refractivity contribution in [2.45, 2.75) is 501 Å². The molecular weight excluding hydrogens is 1860 g/mol. The molecule has 3 aliphatic carbocycles. The maximum absolute atomic E-state index is 13.0. The van der Waals surface area contributed by atoms with E-state index in [2.05, 4.69) is 167 Å². The molecule has 1 heterocycles. The van der Waals surface area contributed by atoms with Crippen LogP contribution in [0.1, 0.15) is 457 Å². The second-order valence-corrected chi connectivity index (χ2v) is 45.4. The smallest absolute Gasteiger partial charge is 0.425 e. The molecule has 18 nitrogen and oxygen atoms in total. The highest BCUT2D eigenvalue weighted by molar-refractivity contribution is 6.03. The first kappa shape index (κ1) is 139. The van der Waals surface area contributed by atoms with Crippen LogP contribution in [0.4, 0.5) is 52.7 Å². The maximum atomic E-state index is 13.0. The number of benzene rings is 2. The summed E-state index contributed by atoms with van der Waals surface area (Å²) in [6, 6.07) is 18.2. The lowest BCUT2D eigenvalue weighted by atomic mass is 9.73. The van der Waals surface area contributed by atoms with Gasteiger partial charge in [-0.25, -0.2) is 0 Å². The van der Waals surface area contributed by atoms with Gasteiger partial charge in [-0.2, -0.15) is 52.7 Å². The monoisotopic (exact) mass is 2050 g/mol. The second kappa shape index (κ2) is 60.9. The molecule has 142 heavy (non-hydrogen) atoms. The summed E-state index contributed by atoms with van der Waals surface area (Å²) >= 11 is 0. The van der Waals surface area contributed by atoms with Gasteiger partial charge in [0.25, 0.3) is 0 Å². The summed E-state index contributed by atoms with van der Waals surface area (Å²) in [5.41, 5.74) is 0.133. The van der Waals surface area contributed by atoms with E-state index in [1.165, 1.54) is 86.5 Å². The van der Waals surface area contributed by atoms with Crippen LogP contribution >= 0.6 is 0 Å². The SMILES string of the molecule is CCC(C)(C)C(=O)O.CCC(C)(C)C(=O)OC(C)C(F)(F)F.CCC(C)(C)C(=O)OC1C2CC3C1OC(=O)C3(C(=O)OC(CC(F)(F)F)C(F)(F)F)C2.CCC(C)(C)C(=O)OCCC(F)(F)F.CCC(C)c1ccc(C(C)(C)C)cc1.CCC(C)c1ccc(C(C)(C)C)cc1.CCC1(OC(=O)C(C)(C)CC)CCCC1.CCCCC(CC)COC(=O)C(C)(C)CC.CCCCC(CC)COC(=O)C(C)(C)CC. The highest BCUT2D eigenvalue weighted by atomic mass is 19.4. The summed E-state index contributed by atoms with van der Waals surface area (Å²) < 4.78 is 188. The predicted octanol–water partition coefficient (Wildman–Crippen LogP) is 32.1. The van der Waals surface area contributed by atoms with Crippen LogP contribution in [0.3, 0.4) is 0 Å². The summed E-state index contributed by atoms with van der Waals surface area (Å²) in [5.74, 6) is -4.67. The number of carbonyl (C=O) groups is 9. The molecule has 0 radical (unpaired) electrons. The molecule has 11 unspecified atom stereocenters. The Kier molecular flexibility index (Phi) is 59.6. The van der Waals surface area contributed by atoms with E-state index < -0.39 is 143 Å². The van der Waals surface area contributed by atoms with Crippen molar-refractivity contribution in [1.29, 1.82) is 0 Å². The topological polar surface area (TPSA) is 248 Å². The van der Waals surface area contributed by atoms with E-state index in [1.807, 2.05) is 69.2 Å². The molecular formula is C112H188F12O18. The molecule has 2 aromatic carbocycles. The van der Waals surface area contributed by atoms with Crippen LogP contribution in [-0.4, -0.2) is 133 Å². The van der Waals surface area contributed by atoms with Gasteiger partial charge in [-0.3, -0.25) is 43.2 Å². The molecule has 0 spiro atoms. The summed E-state index contributed by atoms with van der Waals surface area (Å²) in [7, 11) is 0. The lowest BCUT2D eigenvalue weighted by molar-refractivity contribution is -0.255. The normalized spacial score (nSPS) is 18.6. The number of halogens is 12. The standard InChI is InChI=1S/C19H22F6O6.2C14H28O2.2C14H22.C13H24O2.2C9H15F3O2.C6H12O2/c1-4-16(2,3)13(26)30-11-8-5-9-12(11)31-15(28)17(9,6-8)14(27)29-10(19(23,24)25)7-18(20,21)22;2*1-6-9-10-12(7-2)11-16-13(15)14(4,5)8-3;2*1-6-11(2)12-7-9-13(10-8-12)14(3,4)5;1-5-12(3,4)11(14)15-13(6-2)9-7-8-10-13;1-5-8(3,4)7(13)14-6(2)9(10,11)12;1-4-8(2,3)7(13)14-6-5-9(10,11)12;1-4-6(2,3)5(7)8/h8-12H,4-7H2,1-3H3;2*12H,6-11H2,1-5H3;2*7-11H,6H2,1-5H3;5-10H2,1-4H3;6H,5H2,1-4H3;4-6H2,1-3H3;4H2,1-3H3,(H,7,8). The Morgan fingerprint density at radius 2 is 0.789 bits per heavy atom. The van der Waals surface area contributed by atoms with Gasteiger partial charge in [0.1, 0.15) is 17.8 Å². The molecule has 2 bridgehead atoms. The van der Waals surface area contributed by atoms with Crippen molar-refractivity contribution in [1.82, 2.24) is 0 Å². The molecule has 6 rings (SSSR count). The van der Waals surface area contributed by atoms with Gasteiger partial charge in [0.15, 0.2) is 11.5 Å². The zero-order valence-corrected chi connectivity index (χ0v) is 93.8. The Hall–Kier alpha value is -7.17. The minimum absolute atomic E-state index is 0.0197. The van der Waals surface area contributed by atoms with Crippen molar-refractivity contribution in [2.24, 2.45) is 67.0 Å². The molecule has 3 saturated carbocycles. The number of esters is 8. The zero-order valence-electron chi connectivity index (χ0n) is 93.8. The number of rotatable bonds is 39. The number of alkyl halides is 12. The quantitative estimate of drug-likeness (QED) is 0.0283. The Bertz CT molecular complexity index is 3900. The molecule has 1 aliphatic heterocycles. The lowest BCUT2D eigenvalue weighted by Gasteiger charge is -2.33. The van der Waals surface area contributed by atoms with E-state index in [-0.39, 0.29) is 63.4 Å². The molecule has 828 valence electrons. The number of unbranched alkanes of at least 4 members (excludes halogenated alkanes) is 2. The number of carbonyl (C=O) groups excluding carboxylic acids is 8. The van der Waals surface area contributed by atoms with Crippen LogP contribution in [-0.2, 0) is 91.9 Å². The fourth-order valence-corrected chi connectivity index (χ4v) is 13.8. The molecule has 1 N–H and O–H groups in total. The average Bonchev–Trinajstić information content (AvgIpc) is 1.52. The van der Waals surface area contributed by atoms with Gasteiger partial charge in [0, 0.05) is 11.8 Å². The van der Waals surface area contributed by atoms with Crippen LogP contribution in [0.15, 0.2) is 48.5 Å². The number of fused-ring (bicyclic) bond motifs is 1. The van der Waals surface area contributed by atoms with E-state index in [9.17, 15) is 95.8 Å². The predicted molar refractivity (Wildman–Crippen MR) is 538 cm³/mol. The Balaban J connectivity index is -0.00000157. The van der Waals surface area contributed by atoms with Crippen molar-refractivity contribution < 1.29 is 139 Å². The van der Waals surface area contributed by atoms with Crippen LogP contribution in [0.25, 0.3) is 0 Å². The molecule has 0 aromatic heterocycles. The van der Waals surface area contributed by atoms with Crippen molar-refractivity contribution >= 4 is 53.7 Å². The van der Waals surface area contributed by atoms with E-state index in [0.29, 0.717) is 62.6 Å². The molecule has 11 atom stereocenters. The van der Waals surface area contributed by atoms with E-state index in [0.717, 1.165) is 58.3 Å². The highest BCUT2D eigenvalue weighted by Gasteiger charge is 2.76. The van der Waals surface area contributed by atoms with Gasteiger partial charge in [-0.05, 0) is 276 Å². The van der Waals surface area contributed by atoms with Gasteiger partial charge in [-0.15, -0.1) is 0 Å². The largest absolute Gasteiger partial charge is 0.481 e. The van der Waals surface area contributed by atoms with Crippen molar-refractivity contribution in [3.05, 3.63) is 70.8 Å². The first-order valence-electron chi connectivity index (χ1n) is 51.9. The minimum Gasteiger partial charge on any atom is -0.481 e. The first-order valence-corrected chi connectivity index (χ1v) is 51.9. The van der Waals surface area contributed by atoms with Gasteiger partial charge in [0.2, 0.25) is 6.10 Å². The summed E-state index contributed by atoms with van der Waals surface area (Å²) in [5, 5.41) is 8.44. The van der Waals surface area contributed by atoms with Crippen LogP contribution in [0, 0.1) is 67.0 Å². The number of aliphatic carboxylic acids is 1. The Labute approximate surface area is 846 Å². The van der Waals surface area contributed by atoms with Crippen LogP contribution < -0.4 is 0 Å². The third-order valence-corrected chi connectivity index (χ3v) is 29.0. The first-order chi connectivity index (χ1) is 64.6. The van der Waals surface area contributed by atoms with Gasteiger partial charge in [0.05, 0.1) is 70.6 Å². The number of carboxylic acids is 1. The Morgan fingerprint density at radius 1 is 0.437 bits per heavy atom. The third kappa shape index (κ3) is 48.7.